The highest BCUT2D eigenvalue weighted by atomic mass is 32.2. The Hall–Kier alpha value is -1.55. The molecule has 0 bridgehead atoms. The van der Waals surface area contributed by atoms with Crippen LogP contribution in [0.4, 0.5) is 5.82 Å². The fourth-order valence-electron chi connectivity index (χ4n) is 1.54. The van der Waals surface area contributed by atoms with E-state index in [2.05, 4.69) is 53.4 Å². The Kier molecular flexibility index (Phi) is 4.20. The highest BCUT2D eigenvalue weighted by molar-refractivity contribution is 7.99. The molecule has 94 valence electrons. The molecule has 0 aliphatic carbocycles. The smallest absolute Gasteiger partial charge is 0.131 e. The topological polar surface area (TPSA) is 37.8 Å². The van der Waals surface area contributed by atoms with Crippen molar-refractivity contribution in [1.29, 1.82) is 0 Å². The minimum absolute atomic E-state index is 0.844. The van der Waals surface area contributed by atoms with E-state index in [0.717, 1.165) is 23.1 Å². The highest BCUT2D eigenvalue weighted by Gasteiger charge is 2.04. The molecule has 2 aromatic rings. The average Bonchev–Trinajstić information content (AvgIpc) is 2.41. The SMILES string of the molecule is CCc1nc(NC)cc(Sc2ccc(C)cc2)n1. The Labute approximate surface area is 112 Å². The summed E-state index contributed by atoms with van der Waals surface area (Å²) in [6.07, 6.45) is 0.844. The number of hydrogen-bond donors (Lipinski definition) is 1. The van der Waals surface area contributed by atoms with E-state index in [9.17, 15) is 0 Å². The van der Waals surface area contributed by atoms with Crippen LogP contribution in [0.1, 0.15) is 18.3 Å². The summed E-state index contributed by atoms with van der Waals surface area (Å²) >= 11 is 1.66. The first kappa shape index (κ1) is 12.9. The van der Waals surface area contributed by atoms with Crippen molar-refractivity contribution in [2.75, 3.05) is 12.4 Å². The summed E-state index contributed by atoms with van der Waals surface area (Å²) in [4.78, 5) is 10.1. The molecular formula is C14H17N3S. The molecule has 1 aromatic carbocycles. The van der Waals surface area contributed by atoms with Crippen LogP contribution in [-0.4, -0.2) is 17.0 Å². The van der Waals surface area contributed by atoms with Gasteiger partial charge in [-0.2, -0.15) is 0 Å². The fourth-order valence-corrected chi connectivity index (χ4v) is 2.37. The molecule has 0 saturated heterocycles. The second kappa shape index (κ2) is 5.87. The monoisotopic (exact) mass is 259 g/mol. The van der Waals surface area contributed by atoms with Gasteiger partial charge in [0.05, 0.1) is 0 Å². The van der Waals surface area contributed by atoms with Crippen molar-refractivity contribution < 1.29 is 0 Å². The number of benzene rings is 1. The van der Waals surface area contributed by atoms with E-state index >= 15 is 0 Å². The van der Waals surface area contributed by atoms with Crippen molar-refractivity contribution in [2.45, 2.75) is 30.2 Å². The third-order valence-corrected chi connectivity index (χ3v) is 3.49. The van der Waals surface area contributed by atoms with Crippen LogP contribution in [0.2, 0.25) is 0 Å². The van der Waals surface area contributed by atoms with Crippen molar-refractivity contribution in [2.24, 2.45) is 0 Å². The summed E-state index contributed by atoms with van der Waals surface area (Å²) in [5.74, 6) is 1.74. The summed E-state index contributed by atoms with van der Waals surface area (Å²) in [5, 5.41) is 4.05. The number of hydrogen-bond acceptors (Lipinski definition) is 4. The van der Waals surface area contributed by atoms with Crippen LogP contribution in [-0.2, 0) is 6.42 Å². The molecule has 1 heterocycles. The molecule has 3 nitrogen and oxygen atoms in total. The zero-order valence-electron chi connectivity index (χ0n) is 10.9. The van der Waals surface area contributed by atoms with Crippen molar-refractivity contribution in [3.05, 3.63) is 41.7 Å². The van der Waals surface area contributed by atoms with E-state index in [4.69, 9.17) is 0 Å². The fraction of sp³-hybridized carbons (Fsp3) is 0.286. The maximum atomic E-state index is 4.53. The average molecular weight is 259 g/mol. The van der Waals surface area contributed by atoms with Crippen molar-refractivity contribution in [1.82, 2.24) is 9.97 Å². The van der Waals surface area contributed by atoms with Gasteiger partial charge in [-0.15, -0.1) is 0 Å². The highest BCUT2D eigenvalue weighted by Crippen LogP contribution is 2.27. The maximum absolute atomic E-state index is 4.53. The minimum Gasteiger partial charge on any atom is -0.373 e. The molecule has 0 aliphatic heterocycles. The second-order valence-corrected chi connectivity index (χ2v) is 5.12. The van der Waals surface area contributed by atoms with Gasteiger partial charge >= 0.3 is 0 Å². The first-order valence-corrected chi connectivity index (χ1v) is 6.83. The number of aromatic nitrogens is 2. The Balaban J connectivity index is 2.25. The van der Waals surface area contributed by atoms with Crippen LogP contribution in [0.25, 0.3) is 0 Å². The molecular weight excluding hydrogens is 242 g/mol. The predicted octanol–water partition coefficient (Wildman–Crippen LogP) is 3.54. The molecule has 0 aliphatic rings. The van der Waals surface area contributed by atoms with E-state index in [0.29, 0.717) is 0 Å². The van der Waals surface area contributed by atoms with Crippen molar-refractivity contribution >= 4 is 17.6 Å². The quantitative estimate of drug-likeness (QED) is 0.852. The third-order valence-electron chi connectivity index (χ3n) is 2.56. The van der Waals surface area contributed by atoms with Gasteiger partial charge in [-0.1, -0.05) is 36.4 Å². The minimum atomic E-state index is 0.844. The molecule has 0 unspecified atom stereocenters. The van der Waals surface area contributed by atoms with E-state index < -0.39 is 0 Å². The van der Waals surface area contributed by atoms with Gasteiger partial charge in [0.1, 0.15) is 16.7 Å². The zero-order chi connectivity index (χ0) is 13.0. The molecule has 1 aromatic heterocycles. The number of anilines is 1. The van der Waals surface area contributed by atoms with Crippen LogP contribution in [0.3, 0.4) is 0 Å². The van der Waals surface area contributed by atoms with Gasteiger partial charge < -0.3 is 5.32 Å². The Morgan fingerprint density at radius 1 is 1.17 bits per heavy atom. The number of nitrogens with zero attached hydrogens (tertiary/aromatic N) is 2. The van der Waals surface area contributed by atoms with Gasteiger partial charge in [-0.3, -0.25) is 0 Å². The Bertz CT molecular complexity index is 501. The molecule has 2 rings (SSSR count). The summed E-state index contributed by atoms with van der Waals surface area (Å²) in [7, 11) is 1.88. The van der Waals surface area contributed by atoms with Gasteiger partial charge in [0.2, 0.25) is 0 Å². The van der Waals surface area contributed by atoms with Crippen LogP contribution >= 0.6 is 11.8 Å². The molecule has 4 heteroatoms. The van der Waals surface area contributed by atoms with Crippen LogP contribution in [0.15, 0.2) is 40.3 Å². The molecule has 18 heavy (non-hydrogen) atoms. The largest absolute Gasteiger partial charge is 0.373 e. The lowest BCUT2D eigenvalue weighted by Crippen LogP contribution is -2.00. The summed E-state index contributed by atoms with van der Waals surface area (Å²) < 4.78 is 0. The maximum Gasteiger partial charge on any atom is 0.131 e. The van der Waals surface area contributed by atoms with E-state index in [1.165, 1.54) is 10.5 Å². The van der Waals surface area contributed by atoms with Crippen molar-refractivity contribution in [3.8, 4) is 0 Å². The van der Waals surface area contributed by atoms with Gasteiger partial charge in [0.25, 0.3) is 0 Å². The third kappa shape index (κ3) is 3.23. The standard InChI is InChI=1S/C14H17N3S/c1-4-12-16-13(15-3)9-14(17-12)18-11-7-5-10(2)6-8-11/h5-9H,4H2,1-3H3,(H,15,16,17). The van der Waals surface area contributed by atoms with E-state index in [-0.39, 0.29) is 0 Å². The summed E-state index contributed by atoms with van der Waals surface area (Å²) in [5.41, 5.74) is 1.27. The van der Waals surface area contributed by atoms with Gasteiger partial charge in [-0.25, -0.2) is 9.97 Å². The predicted molar refractivity (Wildman–Crippen MR) is 76.3 cm³/mol. The molecule has 0 radical (unpaired) electrons. The van der Waals surface area contributed by atoms with Gasteiger partial charge in [0.15, 0.2) is 0 Å². The van der Waals surface area contributed by atoms with Crippen molar-refractivity contribution in [3.63, 3.8) is 0 Å². The molecule has 0 spiro atoms. The van der Waals surface area contributed by atoms with Gasteiger partial charge in [0, 0.05) is 24.4 Å². The van der Waals surface area contributed by atoms with Crippen LogP contribution in [0, 0.1) is 6.92 Å². The van der Waals surface area contributed by atoms with E-state index in [1.54, 1.807) is 11.8 Å². The Morgan fingerprint density at radius 2 is 1.89 bits per heavy atom. The number of nitrogens with one attached hydrogen (secondary N) is 1. The van der Waals surface area contributed by atoms with Crippen LogP contribution in [0.5, 0.6) is 0 Å². The summed E-state index contributed by atoms with van der Waals surface area (Å²) in [6.45, 7) is 4.16. The molecule has 1 N–H and O–H groups in total. The van der Waals surface area contributed by atoms with E-state index in [1.807, 2.05) is 13.1 Å². The normalized spacial score (nSPS) is 10.4. The zero-order valence-corrected chi connectivity index (χ0v) is 11.7. The Morgan fingerprint density at radius 3 is 2.50 bits per heavy atom. The van der Waals surface area contributed by atoms with Gasteiger partial charge in [-0.05, 0) is 19.1 Å². The lowest BCUT2D eigenvalue weighted by Gasteiger charge is -2.06. The number of rotatable bonds is 4. The first-order valence-electron chi connectivity index (χ1n) is 6.01. The molecule has 0 atom stereocenters. The first-order chi connectivity index (χ1) is 8.71. The molecule has 0 saturated carbocycles. The lowest BCUT2D eigenvalue weighted by atomic mass is 10.2. The second-order valence-electron chi connectivity index (χ2n) is 4.03. The van der Waals surface area contributed by atoms with Crippen LogP contribution < -0.4 is 5.32 Å². The summed E-state index contributed by atoms with van der Waals surface area (Å²) in [6, 6.07) is 10.4. The molecule has 0 fully saturated rings. The lowest BCUT2D eigenvalue weighted by molar-refractivity contribution is 0.891. The molecule has 0 amide bonds. The number of aryl methyl sites for hydroxylation is 2.